The molecule has 3 nitrogen and oxygen atoms in total. The first kappa shape index (κ1) is 13.0. The van der Waals surface area contributed by atoms with Crippen LogP contribution in [0, 0.1) is 4.77 Å². The fourth-order valence-electron chi connectivity index (χ4n) is 2.14. The van der Waals surface area contributed by atoms with Crippen LogP contribution in [-0.2, 0) is 6.54 Å². The SMILES string of the molecule is CC(Cn1c(=S)[nH]c2ccc(Br)cc21)c1nccs1. The molecule has 0 saturated carbocycles. The van der Waals surface area contributed by atoms with E-state index in [0.29, 0.717) is 5.92 Å². The summed E-state index contributed by atoms with van der Waals surface area (Å²) in [5, 5.41) is 3.16. The summed E-state index contributed by atoms with van der Waals surface area (Å²) in [7, 11) is 0. The number of nitrogens with zero attached hydrogens (tertiary/aromatic N) is 2. The maximum Gasteiger partial charge on any atom is 0.178 e. The monoisotopic (exact) mass is 353 g/mol. The second-order valence-corrected chi connectivity index (χ2v) is 6.70. The lowest BCUT2D eigenvalue weighted by Gasteiger charge is -2.10. The fraction of sp³-hybridized carbons (Fsp3) is 0.231. The van der Waals surface area contributed by atoms with Crippen LogP contribution in [0.15, 0.2) is 34.2 Å². The van der Waals surface area contributed by atoms with E-state index in [2.05, 4.69) is 43.5 Å². The number of benzene rings is 1. The Balaban J connectivity index is 2.03. The Morgan fingerprint density at radius 1 is 1.53 bits per heavy atom. The number of hydrogen-bond acceptors (Lipinski definition) is 3. The number of H-pyrrole nitrogens is 1. The molecule has 0 aliphatic rings. The predicted molar refractivity (Wildman–Crippen MR) is 85.4 cm³/mol. The molecule has 1 atom stereocenters. The van der Waals surface area contributed by atoms with Gasteiger partial charge in [-0.3, -0.25) is 0 Å². The van der Waals surface area contributed by atoms with E-state index in [4.69, 9.17) is 12.2 Å². The predicted octanol–water partition coefficient (Wildman–Crippen LogP) is 4.72. The topological polar surface area (TPSA) is 33.6 Å². The van der Waals surface area contributed by atoms with Crippen LogP contribution < -0.4 is 0 Å². The highest BCUT2D eigenvalue weighted by Gasteiger charge is 2.12. The van der Waals surface area contributed by atoms with Gasteiger partial charge >= 0.3 is 0 Å². The number of nitrogens with one attached hydrogen (secondary N) is 1. The zero-order chi connectivity index (χ0) is 13.4. The van der Waals surface area contributed by atoms with Gasteiger partial charge in [0.25, 0.3) is 0 Å². The molecule has 2 heterocycles. The Kier molecular flexibility index (Phi) is 3.56. The van der Waals surface area contributed by atoms with E-state index in [1.54, 1.807) is 11.3 Å². The summed E-state index contributed by atoms with van der Waals surface area (Å²) in [6.07, 6.45) is 1.85. The summed E-state index contributed by atoms with van der Waals surface area (Å²) in [6.45, 7) is 3.01. The van der Waals surface area contributed by atoms with Crippen LogP contribution in [-0.4, -0.2) is 14.5 Å². The molecule has 3 aromatic rings. The summed E-state index contributed by atoms with van der Waals surface area (Å²) in [6, 6.07) is 6.15. The second-order valence-electron chi connectivity index (χ2n) is 4.47. The van der Waals surface area contributed by atoms with Crippen molar-refractivity contribution in [3.63, 3.8) is 0 Å². The number of fused-ring (bicyclic) bond motifs is 1. The summed E-state index contributed by atoms with van der Waals surface area (Å²) in [5.41, 5.74) is 2.20. The van der Waals surface area contributed by atoms with Crippen LogP contribution in [0.1, 0.15) is 17.8 Å². The summed E-state index contributed by atoms with van der Waals surface area (Å²) in [5.74, 6) is 0.352. The normalized spacial score (nSPS) is 12.9. The molecule has 0 bridgehead atoms. The smallest absolute Gasteiger partial charge is 0.178 e. The number of rotatable bonds is 3. The van der Waals surface area contributed by atoms with E-state index in [9.17, 15) is 0 Å². The van der Waals surface area contributed by atoms with Gasteiger partial charge in [0.15, 0.2) is 4.77 Å². The molecule has 0 amide bonds. The molecule has 2 aromatic heterocycles. The van der Waals surface area contributed by atoms with Crippen molar-refractivity contribution in [2.45, 2.75) is 19.4 Å². The molecule has 0 saturated heterocycles. The molecular formula is C13H12BrN3S2. The maximum atomic E-state index is 5.42. The molecule has 0 aliphatic heterocycles. The highest BCUT2D eigenvalue weighted by molar-refractivity contribution is 9.10. The van der Waals surface area contributed by atoms with Gasteiger partial charge in [-0.05, 0) is 30.4 Å². The largest absolute Gasteiger partial charge is 0.331 e. The van der Waals surface area contributed by atoms with Crippen LogP contribution in [0.4, 0.5) is 0 Å². The lowest BCUT2D eigenvalue weighted by atomic mass is 10.2. The molecule has 3 rings (SSSR count). The Morgan fingerprint density at radius 3 is 3.11 bits per heavy atom. The number of aromatic amines is 1. The third-order valence-corrected chi connectivity index (χ3v) is 4.89. The third-order valence-electron chi connectivity index (χ3n) is 3.07. The van der Waals surface area contributed by atoms with Crippen LogP contribution >= 0.6 is 39.5 Å². The van der Waals surface area contributed by atoms with Crippen molar-refractivity contribution in [2.75, 3.05) is 0 Å². The van der Waals surface area contributed by atoms with Gasteiger partial charge in [0.2, 0.25) is 0 Å². The van der Waals surface area contributed by atoms with Crippen molar-refractivity contribution in [3.05, 3.63) is 44.0 Å². The molecule has 98 valence electrons. The van der Waals surface area contributed by atoms with Crippen molar-refractivity contribution in [1.29, 1.82) is 0 Å². The average Bonchev–Trinajstić information content (AvgIpc) is 2.99. The number of thiazole rings is 1. The number of aromatic nitrogens is 3. The Labute approximate surface area is 128 Å². The summed E-state index contributed by atoms with van der Waals surface area (Å²) in [4.78, 5) is 7.62. The molecular weight excluding hydrogens is 342 g/mol. The number of hydrogen-bond donors (Lipinski definition) is 1. The molecule has 0 fully saturated rings. The molecule has 1 unspecified atom stereocenters. The van der Waals surface area contributed by atoms with Crippen LogP contribution in [0.3, 0.4) is 0 Å². The van der Waals surface area contributed by atoms with E-state index < -0.39 is 0 Å². The van der Waals surface area contributed by atoms with Gasteiger partial charge in [-0.1, -0.05) is 22.9 Å². The van der Waals surface area contributed by atoms with Gasteiger partial charge < -0.3 is 9.55 Å². The third kappa shape index (κ3) is 2.52. The first-order valence-corrected chi connectivity index (χ1v) is 8.00. The second kappa shape index (κ2) is 5.19. The minimum atomic E-state index is 0.352. The first-order chi connectivity index (χ1) is 9.15. The number of imidazole rings is 1. The average molecular weight is 354 g/mol. The van der Waals surface area contributed by atoms with E-state index in [-0.39, 0.29) is 0 Å². The molecule has 1 N–H and O–H groups in total. The van der Waals surface area contributed by atoms with Crippen LogP contribution in [0.5, 0.6) is 0 Å². The molecule has 0 spiro atoms. The summed E-state index contributed by atoms with van der Waals surface area (Å²) < 4.78 is 3.96. The van der Waals surface area contributed by atoms with Gasteiger partial charge in [0.1, 0.15) is 0 Å². The highest BCUT2D eigenvalue weighted by atomic mass is 79.9. The Bertz CT molecular complexity index is 758. The quantitative estimate of drug-likeness (QED) is 0.691. The molecule has 0 radical (unpaired) electrons. The lowest BCUT2D eigenvalue weighted by Crippen LogP contribution is -2.06. The standard InChI is InChI=1S/C13H12BrN3S2/c1-8(12-15-4-5-19-12)7-17-11-6-9(14)2-3-10(11)16-13(17)18/h2-6,8H,7H2,1H3,(H,16,18). The molecule has 1 aromatic carbocycles. The van der Waals surface area contributed by atoms with E-state index in [0.717, 1.165) is 31.8 Å². The van der Waals surface area contributed by atoms with Crippen molar-refractivity contribution < 1.29 is 0 Å². The van der Waals surface area contributed by atoms with Crippen molar-refractivity contribution in [2.24, 2.45) is 0 Å². The lowest BCUT2D eigenvalue weighted by molar-refractivity contribution is 0.602. The van der Waals surface area contributed by atoms with E-state index in [1.807, 2.05) is 23.7 Å². The minimum Gasteiger partial charge on any atom is -0.331 e. The van der Waals surface area contributed by atoms with Crippen LogP contribution in [0.2, 0.25) is 0 Å². The van der Waals surface area contributed by atoms with Gasteiger partial charge in [0.05, 0.1) is 16.0 Å². The Morgan fingerprint density at radius 2 is 2.37 bits per heavy atom. The highest BCUT2D eigenvalue weighted by Crippen LogP contribution is 2.24. The minimum absolute atomic E-state index is 0.352. The van der Waals surface area contributed by atoms with Crippen molar-refractivity contribution in [1.82, 2.24) is 14.5 Å². The van der Waals surface area contributed by atoms with Gasteiger partial charge in [0, 0.05) is 28.5 Å². The maximum absolute atomic E-state index is 5.42. The fourth-order valence-corrected chi connectivity index (χ4v) is 3.46. The van der Waals surface area contributed by atoms with Gasteiger partial charge in [-0.2, -0.15) is 0 Å². The van der Waals surface area contributed by atoms with E-state index in [1.165, 1.54) is 0 Å². The van der Waals surface area contributed by atoms with Crippen LogP contribution in [0.25, 0.3) is 11.0 Å². The van der Waals surface area contributed by atoms with Gasteiger partial charge in [-0.15, -0.1) is 11.3 Å². The zero-order valence-corrected chi connectivity index (χ0v) is 13.5. The van der Waals surface area contributed by atoms with Gasteiger partial charge in [-0.25, -0.2) is 4.98 Å². The molecule has 19 heavy (non-hydrogen) atoms. The summed E-state index contributed by atoms with van der Waals surface area (Å²) >= 11 is 10.6. The molecule has 6 heteroatoms. The van der Waals surface area contributed by atoms with E-state index >= 15 is 0 Å². The van der Waals surface area contributed by atoms with Crippen molar-refractivity contribution >= 4 is 50.5 Å². The number of halogens is 1. The van der Waals surface area contributed by atoms with Crippen molar-refractivity contribution in [3.8, 4) is 0 Å². The Hall–Kier alpha value is -0.980. The zero-order valence-electron chi connectivity index (χ0n) is 10.3. The molecule has 0 aliphatic carbocycles. The first-order valence-electron chi connectivity index (χ1n) is 5.92.